The Morgan fingerprint density at radius 2 is 1.45 bits per heavy atom. The smallest absolute Gasteiger partial charge is 0.0443 e. The Kier molecular flexibility index (Phi) is 3.98. The molecule has 0 amide bonds. The first kappa shape index (κ1) is 13.5. The van der Waals surface area contributed by atoms with Crippen molar-refractivity contribution in [3.63, 3.8) is 0 Å². The van der Waals surface area contributed by atoms with Gasteiger partial charge in [0.05, 0.1) is 0 Å². The Morgan fingerprint density at radius 1 is 0.950 bits per heavy atom. The third-order valence-corrected chi connectivity index (χ3v) is 4.51. The minimum Gasteiger partial charge on any atom is -0.341 e. The number of alkyl halides is 1. The molecule has 0 bridgehead atoms. The van der Waals surface area contributed by atoms with Gasteiger partial charge < -0.3 is 4.90 Å². The summed E-state index contributed by atoms with van der Waals surface area (Å²) in [7, 11) is 0. The van der Waals surface area contributed by atoms with Gasteiger partial charge in [-0.25, -0.2) is 0 Å². The molecule has 3 rings (SSSR count). The van der Waals surface area contributed by atoms with Gasteiger partial charge in [-0.1, -0.05) is 43.3 Å². The van der Waals surface area contributed by atoms with Crippen LogP contribution in [0.3, 0.4) is 0 Å². The van der Waals surface area contributed by atoms with Gasteiger partial charge in [0.25, 0.3) is 0 Å². The molecule has 0 aromatic heterocycles. The highest BCUT2D eigenvalue weighted by molar-refractivity contribution is 6.18. The lowest BCUT2D eigenvalue weighted by atomic mass is 10.0. The van der Waals surface area contributed by atoms with E-state index in [1.54, 1.807) is 0 Å². The van der Waals surface area contributed by atoms with Crippen LogP contribution in [0.1, 0.15) is 18.1 Å². The summed E-state index contributed by atoms with van der Waals surface area (Å²) in [6, 6.07) is 17.5. The second-order valence-electron chi connectivity index (χ2n) is 5.63. The number of nitrogens with zero attached hydrogens (tertiary/aromatic N) is 1. The van der Waals surface area contributed by atoms with Gasteiger partial charge in [-0.15, -0.1) is 11.6 Å². The van der Waals surface area contributed by atoms with Crippen LogP contribution >= 0.6 is 11.6 Å². The highest BCUT2D eigenvalue weighted by Gasteiger charge is 2.21. The van der Waals surface area contributed by atoms with Crippen molar-refractivity contribution in [2.24, 2.45) is 5.92 Å². The normalized spacial score (nSPS) is 15.2. The van der Waals surface area contributed by atoms with Crippen LogP contribution in [0.5, 0.6) is 0 Å². The van der Waals surface area contributed by atoms with Gasteiger partial charge >= 0.3 is 0 Å². The van der Waals surface area contributed by atoms with Crippen molar-refractivity contribution in [2.45, 2.75) is 19.8 Å². The van der Waals surface area contributed by atoms with Gasteiger partial charge in [0.15, 0.2) is 0 Å². The van der Waals surface area contributed by atoms with Gasteiger partial charge in [0, 0.05) is 23.8 Å². The maximum Gasteiger partial charge on any atom is 0.0443 e. The maximum atomic E-state index is 6.04. The Hall–Kier alpha value is -1.47. The second-order valence-corrected chi connectivity index (χ2v) is 5.94. The van der Waals surface area contributed by atoms with E-state index in [0.29, 0.717) is 11.8 Å². The SMILES string of the molecule is CC(CCl)CN1c2ccccc2CCc2ccccc21. The van der Waals surface area contributed by atoms with E-state index in [9.17, 15) is 0 Å². The molecule has 1 nitrogen and oxygen atoms in total. The summed E-state index contributed by atoms with van der Waals surface area (Å²) < 4.78 is 0. The highest BCUT2D eigenvalue weighted by atomic mass is 35.5. The standard InChI is InChI=1S/C18H20ClN/c1-14(12-19)13-20-17-8-4-2-6-15(17)10-11-16-7-3-5-9-18(16)20/h2-9,14H,10-13H2,1H3. The fourth-order valence-corrected chi connectivity index (χ4v) is 3.02. The second kappa shape index (κ2) is 5.88. The first-order chi connectivity index (χ1) is 9.79. The number of para-hydroxylation sites is 2. The maximum absolute atomic E-state index is 6.04. The summed E-state index contributed by atoms with van der Waals surface area (Å²) in [6.07, 6.45) is 2.22. The average molecular weight is 286 g/mol. The lowest BCUT2D eigenvalue weighted by Gasteiger charge is -2.29. The van der Waals surface area contributed by atoms with Crippen LogP contribution in [-0.2, 0) is 12.8 Å². The van der Waals surface area contributed by atoms with E-state index in [1.807, 2.05) is 0 Å². The third-order valence-electron chi connectivity index (χ3n) is 3.99. The zero-order chi connectivity index (χ0) is 13.9. The van der Waals surface area contributed by atoms with E-state index in [2.05, 4.69) is 60.4 Å². The van der Waals surface area contributed by atoms with E-state index < -0.39 is 0 Å². The summed E-state index contributed by atoms with van der Waals surface area (Å²) in [5.74, 6) is 1.16. The molecular weight excluding hydrogens is 266 g/mol. The van der Waals surface area contributed by atoms with Crippen LogP contribution in [0, 0.1) is 5.92 Å². The number of halogens is 1. The summed E-state index contributed by atoms with van der Waals surface area (Å²) in [6.45, 7) is 3.18. The largest absolute Gasteiger partial charge is 0.341 e. The number of hydrogen-bond acceptors (Lipinski definition) is 1. The number of fused-ring (bicyclic) bond motifs is 2. The zero-order valence-electron chi connectivity index (χ0n) is 11.8. The molecule has 0 N–H and O–H groups in total. The molecule has 0 saturated carbocycles. The molecule has 0 aliphatic carbocycles. The first-order valence-electron chi connectivity index (χ1n) is 7.29. The number of benzene rings is 2. The molecule has 1 unspecified atom stereocenters. The van der Waals surface area contributed by atoms with Crippen molar-refractivity contribution in [3.05, 3.63) is 59.7 Å². The number of anilines is 2. The van der Waals surface area contributed by atoms with Crippen molar-refractivity contribution in [2.75, 3.05) is 17.3 Å². The van der Waals surface area contributed by atoms with Gasteiger partial charge in [-0.05, 0) is 42.0 Å². The molecular formula is C18H20ClN. The average Bonchev–Trinajstić information content (AvgIpc) is 2.65. The van der Waals surface area contributed by atoms with Crippen molar-refractivity contribution < 1.29 is 0 Å². The van der Waals surface area contributed by atoms with Crippen LogP contribution in [-0.4, -0.2) is 12.4 Å². The van der Waals surface area contributed by atoms with E-state index in [0.717, 1.165) is 19.4 Å². The minimum atomic E-state index is 0.468. The lowest BCUT2D eigenvalue weighted by Crippen LogP contribution is -2.25. The van der Waals surface area contributed by atoms with Crippen LogP contribution < -0.4 is 4.90 Å². The fraction of sp³-hybridized carbons (Fsp3) is 0.333. The van der Waals surface area contributed by atoms with Crippen LogP contribution in [0.25, 0.3) is 0 Å². The molecule has 2 aromatic rings. The van der Waals surface area contributed by atoms with Gasteiger partial charge in [0.2, 0.25) is 0 Å². The Bertz CT molecular complexity index is 546. The molecule has 1 aliphatic heterocycles. The van der Waals surface area contributed by atoms with Gasteiger partial charge in [-0.2, -0.15) is 0 Å². The molecule has 20 heavy (non-hydrogen) atoms. The van der Waals surface area contributed by atoms with Crippen molar-refractivity contribution in [3.8, 4) is 0 Å². The molecule has 104 valence electrons. The monoisotopic (exact) mass is 285 g/mol. The minimum absolute atomic E-state index is 0.468. The number of rotatable bonds is 3. The molecule has 0 radical (unpaired) electrons. The molecule has 1 atom stereocenters. The third kappa shape index (κ3) is 2.55. The Morgan fingerprint density at radius 3 is 1.95 bits per heavy atom. The lowest BCUT2D eigenvalue weighted by molar-refractivity contribution is 0.658. The van der Waals surface area contributed by atoms with Crippen molar-refractivity contribution in [1.82, 2.24) is 0 Å². The summed E-state index contributed by atoms with van der Waals surface area (Å²) >= 11 is 6.04. The number of hydrogen-bond donors (Lipinski definition) is 0. The van der Waals surface area contributed by atoms with Crippen LogP contribution in [0.15, 0.2) is 48.5 Å². The Labute approximate surface area is 126 Å². The molecule has 0 spiro atoms. The van der Waals surface area contributed by atoms with Crippen LogP contribution in [0.2, 0.25) is 0 Å². The zero-order valence-corrected chi connectivity index (χ0v) is 12.6. The topological polar surface area (TPSA) is 3.24 Å². The number of aryl methyl sites for hydroxylation is 2. The molecule has 2 aromatic carbocycles. The van der Waals surface area contributed by atoms with E-state index in [-0.39, 0.29) is 0 Å². The quantitative estimate of drug-likeness (QED) is 0.732. The molecule has 0 saturated heterocycles. The highest BCUT2D eigenvalue weighted by Crippen LogP contribution is 2.36. The summed E-state index contributed by atoms with van der Waals surface area (Å²) in [4.78, 5) is 2.45. The van der Waals surface area contributed by atoms with Crippen LogP contribution in [0.4, 0.5) is 11.4 Å². The predicted molar refractivity (Wildman–Crippen MR) is 87.2 cm³/mol. The molecule has 0 fully saturated rings. The van der Waals surface area contributed by atoms with E-state index >= 15 is 0 Å². The fourth-order valence-electron chi connectivity index (χ4n) is 2.93. The van der Waals surface area contributed by atoms with Crippen molar-refractivity contribution >= 4 is 23.0 Å². The summed E-state index contributed by atoms with van der Waals surface area (Å²) in [5, 5.41) is 0. The van der Waals surface area contributed by atoms with E-state index in [4.69, 9.17) is 11.6 Å². The molecule has 2 heteroatoms. The Balaban J connectivity index is 2.09. The predicted octanol–water partition coefficient (Wildman–Crippen LogP) is 4.80. The first-order valence-corrected chi connectivity index (χ1v) is 7.82. The molecule has 1 heterocycles. The van der Waals surface area contributed by atoms with Gasteiger partial charge in [-0.3, -0.25) is 0 Å². The van der Waals surface area contributed by atoms with Crippen molar-refractivity contribution in [1.29, 1.82) is 0 Å². The van der Waals surface area contributed by atoms with E-state index in [1.165, 1.54) is 22.5 Å². The molecule has 1 aliphatic rings. The van der Waals surface area contributed by atoms with Gasteiger partial charge in [0.1, 0.15) is 0 Å². The summed E-state index contributed by atoms with van der Waals surface area (Å²) in [5.41, 5.74) is 5.56.